The summed E-state index contributed by atoms with van der Waals surface area (Å²) in [7, 11) is 0. The standard InChI is InChI=1S/C51H31N5S/c1-3-14-32(15-4-1)49-52-50(54-51(53-49)34-26-29-46-42(31-34)39-22-9-12-25-45(39)57-46)33-16-13-19-36(30-33)56-44-24-11-8-21-38(44)41-28-27-40-37-20-7-10-23-43(37)55(47(40)48(41)56)35-17-5-2-6-18-35/h1-31H. The molecule has 0 aliphatic heterocycles. The Balaban J connectivity index is 1.11. The van der Waals surface area contributed by atoms with Gasteiger partial charge in [-0.1, -0.05) is 127 Å². The Hall–Kier alpha value is -7.41. The highest BCUT2D eigenvalue weighted by Gasteiger charge is 2.22. The first-order valence-corrected chi connectivity index (χ1v) is 19.9. The number of para-hydroxylation sites is 3. The molecule has 0 N–H and O–H groups in total. The quantitative estimate of drug-likeness (QED) is 0.176. The van der Waals surface area contributed by atoms with Gasteiger partial charge in [0.25, 0.3) is 0 Å². The van der Waals surface area contributed by atoms with Crippen LogP contribution in [0, 0.1) is 0 Å². The summed E-state index contributed by atoms with van der Waals surface area (Å²) in [6.07, 6.45) is 0. The molecular formula is C51H31N5S. The van der Waals surface area contributed by atoms with Crippen LogP contribution in [0.4, 0.5) is 0 Å². The van der Waals surface area contributed by atoms with Crippen molar-refractivity contribution in [3.05, 3.63) is 188 Å². The van der Waals surface area contributed by atoms with E-state index in [0.717, 1.165) is 39.1 Å². The van der Waals surface area contributed by atoms with Crippen LogP contribution in [0.1, 0.15) is 0 Å². The van der Waals surface area contributed by atoms with E-state index in [1.54, 1.807) is 0 Å². The molecule has 0 amide bonds. The Morgan fingerprint density at radius 3 is 1.49 bits per heavy atom. The van der Waals surface area contributed by atoms with E-state index in [0.29, 0.717) is 17.5 Å². The van der Waals surface area contributed by atoms with E-state index in [9.17, 15) is 0 Å². The molecule has 4 heterocycles. The fourth-order valence-electron chi connectivity index (χ4n) is 8.61. The molecule has 4 aromatic heterocycles. The number of hydrogen-bond donors (Lipinski definition) is 0. The zero-order chi connectivity index (χ0) is 37.5. The summed E-state index contributed by atoms with van der Waals surface area (Å²) < 4.78 is 7.36. The fourth-order valence-corrected chi connectivity index (χ4v) is 9.70. The second-order valence-corrected chi connectivity index (χ2v) is 15.5. The smallest absolute Gasteiger partial charge is 0.164 e. The van der Waals surface area contributed by atoms with Gasteiger partial charge in [-0.15, -0.1) is 11.3 Å². The fraction of sp³-hybridized carbons (Fsp3) is 0. The molecule has 0 fully saturated rings. The number of nitrogens with zero attached hydrogens (tertiary/aromatic N) is 5. The van der Waals surface area contributed by atoms with Crippen molar-refractivity contribution in [3.63, 3.8) is 0 Å². The Bertz CT molecular complexity index is 3520. The average Bonchev–Trinajstić information content (AvgIpc) is 3.94. The number of benzene rings is 8. The zero-order valence-electron chi connectivity index (χ0n) is 30.5. The van der Waals surface area contributed by atoms with Gasteiger partial charge < -0.3 is 9.13 Å². The third-order valence-corrected chi connectivity index (χ3v) is 12.3. The van der Waals surface area contributed by atoms with E-state index in [4.69, 9.17) is 15.0 Å². The lowest BCUT2D eigenvalue weighted by Gasteiger charge is -2.14. The number of hydrogen-bond acceptors (Lipinski definition) is 4. The molecule has 0 spiro atoms. The van der Waals surface area contributed by atoms with Crippen molar-refractivity contribution in [2.24, 2.45) is 0 Å². The highest BCUT2D eigenvalue weighted by molar-refractivity contribution is 7.25. The molecule has 0 saturated heterocycles. The highest BCUT2D eigenvalue weighted by Crippen LogP contribution is 2.42. The lowest BCUT2D eigenvalue weighted by Crippen LogP contribution is -2.01. The molecule has 0 atom stereocenters. The van der Waals surface area contributed by atoms with E-state index in [1.165, 1.54) is 52.8 Å². The van der Waals surface area contributed by atoms with Gasteiger partial charge in [0.05, 0.1) is 22.1 Å². The molecule has 0 aliphatic rings. The minimum Gasteiger partial charge on any atom is -0.307 e. The first kappa shape index (κ1) is 31.9. The first-order valence-electron chi connectivity index (χ1n) is 19.1. The SMILES string of the molecule is c1ccc(-c2nc(-c3cccc(-n4c5ccccc5c5ccc6c7ccccc7n(-c7ccccc7)c6c54)c3)nc(-c3ccc4sc5ccccc5c4c3)n2)cc1. The van der Waals surface area contributed by atoms with Crippen LogP contribution >= 0.6 is 11.3 Å². The summed E-state index contributed by atoms with van der Waals surface area (Å²) in [4.78, 5) is 15.5. The molecule has 6 heteroatoms. The van der Waals surface area contributed by atoms with E-state index in [2.05, 4.69) is 179 Å². The minimum atomic E-state index is 0.625. The van der Waals surface area contributed by atoms with Crippen LogP contribution < -0.4 is 0 Å². The topological polar surface area (TPSA) is 48.5 Å². The summed E-state index contributed by atoms with van der Waals surface area (Å²) in [5.74, 6) is 1.91. The van der Waals surface area contributed by atoms with Crippen molar-refractivity contribution >= 4 is 75.1 Å². The highest BCUT2D eigenvalue weighted by atomic mass is 32.1. The van der Waals surface area contributed by atoms with Gasteiger partial charge in [-0.2, -0.15) is 0 Å². The molecular weight excluding hydrogens is 715 g/mol. The Kier molecular flexibility index (Phi) is 7.03. The number of rotatable bonds is 5. The predicted octanol–water partition coefficient (Wildman–Crippen LogP) is 13.4. The maximum atomic E-state index is 5.22. The van der Waals surface area contributed by atoms with Gasteiger partial charge in [0.1, 0.15) is 0 Å². The van der Waals surface area contributed by atoms with E-state index < -0.39 is 0 Å². The first-order chi connectivity index (χ1) is 28.3. The zero-order valence-corrected chi connectivity index (χ0v) is 31.4. The van der Waals surface area contributed by atoms with Gasteiger partial charge in [-0.3, -0.25) is 0 Å². The van der Waals surface area contributed by atoms with Gasteiger partial charge in [-0.25, -0.2) is 15.0 Å². The molecule has 5 nitrogen and oxygen atoms in total. The molecule has 12 rings (SSSR count). The van der Waals surface area contributed by atoms with Crippen molar-refractivity contribution in [3.8, 4) is 45.5 Å². The minimum absolute atomic E-state index is 0.625. The third-order valence-electron chi connectivity index (χ3n) is 11.1. The van der Waals surface area contributed by atoms with Crippen molar-refractivity contribution in [2.45, 2.75) is 0 Å². The van der Waals surface area contributed by atoms with Gasteiger partial charge in [0.15, 0.2) is 17.5 Å². The Morgan fingerprint density at radius 1 is 0.316 bits per heavy atom. The van der Waals surface area contributed by atoms with E-state index in [-0.39, 0.29) is 0 Å². The van der Waals surface area contributed by atoms with Crippen LogP contribution in [0.15, 0.2) is 188 Å². The predicted molar refractivity (Wildman–Crippen MR) is 238 cm³/mol. The molecule has 266 valence electrons. The van der Waals surface area contributed by atoms with Crippen LogP contribution in [-0.4, -0.2) is 24.1 Å². The number of thiophene rings is 1. The van der Waals surface area contributed by atoms with Crippen molar-refractivity contribution in [1.82, 2.24) is 24.1 Å². The largest absolute Gasteiger partial charge is 0.307 e. The summed E-state index contributed by atoms with van der Waals surface area (Å²) in [6, 6.07) is 66.7. The van der Waals surface area contributed by atoms with Crippen LogP contribution in [0.2, 0.25) is 0 Å². The summed E-state index contributed by atoms with van der Waals surface area (Å²) in [5, 5.41) is 7.30. The molecule has 0 unspecified atom stereocenters. The molecule has 12 aromatic rings. The van der Waals surface area contributed by atoms with Crippen molar-refractivity contribution in [2.75, 3.05) is 0 Å². The van der Waals surface area contributed by atoms with Crippen LogP contribution in [-0.2, 0) is 0 Å². The van der Waals surface area contributed by atoms with Gasteiger partial charge in [0, 0.05) is 69.8 Å². The molecule has 8 aromatic carbocycles. The normalized spacial score (nSPS) is 11.9. The van der Waals surface area contributed by atoms with Gasteiger partial charge in [-0.05, 0) is 60.7 Å². The summed E-state index contributed by atoms with van der Waals surface area (Å²) in [5.41, 5.74) is 9.62. The number of fused-ring (bicyclic) bond motifs is 10. The van der Waals surface area contributed by atoms with E-state index in [1.807, 2.05) is 29.5 Å². The van der Waals surface area contributed by atoms with Gasteiger partial charge in [0.2, 0.25) is 0 Å². The molecule has 0 bridgehead atoms. The summed E-state index contributed by atoms with van der Waals surface area (Å²) >= 11 is 1.81. The lowest BCUT2D eigenvalue weighted by molar-refractivity contribution is 1.07. The van der Waals surface area contributed by atoms with Crippen LogP contribution in [0.3, 0.4) is 0 Å². The maximum Gasteiger partial charge on any atom is 0.164 e. The second-order valence-electron chi connectivity index (χ2n) is 14.4. The molecule has 0 aliphatic carbocycles. The third kappa shape index (κ3) is 4.98. The Labute approximate surface area is 331 Å². The molecule has 0 saturated carbocycles. The average molecular weight is 746 g/mol. The Morgan fingerprint density at radius 2 is 0.807 bits per heavy atom. The molecule has 57 heavy (non-hydrogen) atoms. The molecule has 0 radical (unpaired) electrons. The van der Waals surface area contributed by atoms with Crippen molar-refractivity contribution in [1.29, 1.82) is 0 Å². The maximum absolute atomic E-state index is 5.22. The number of aromatic nitrogens is 5. The van der Waals surface area contributed by atoms with Crippen molar-refractivity contribution < 1.29 is 0 Å². The monoisotopic (exact) mass is 745 g/mol. The van der Waals surface area contributed by atoms with Crippen LogP contribution in [0.5, 0.6) is 0 Å². The van der Waals surface area contributed by atoms with Gasteiger partial charge >= 0.3 is 0 Å². The van der Waals surface area contributed by atoms with E-state index >= 15 is 0 Å². The second kappa shape index (κ2) is 12.6. The summed E-state index contributed by atoms with van der Waals surface area (Å²) in [6.45, 7) is 0. The van der Waals surface area contributed by atoms with Crippen LogP contribution in [0.25, 0.3) is 109 Å². The lowest BCUT2D eigenvalue weighted by atomic mass is 10.1.